The number of nitrogens with two attached hydrogens (primary N) is 1. The summed E-state index contributed by atoms with van der Waals surface area (Å²) >= 11 is 0. The Morgan fingerprint density at radius 3 is 2.21 bits per heavy atom. The van der Waals surface area contributed by atoms with E-state index in [1.807, 2.05) is 12.1 Å². The smallest absolute Gasteiger partial charge is 0.414 e. The van der Waals surface area contributed by atoms with Gasteiger partial charge in [0.2, 0.25) is 5.91 Å². The molecule has 1 aliphatic carbocycles. The highest BCUT2D eigenvalue weighted by atomic mass is 16.4. The fourth-order valence-electron chi connectivity index (χ4n) is 3.85. The van der Waals surface area contributed by atoms with Crippen LogP contribution < -0.4 is 5.73 Å². The number of rotatable bonds is 6. The Morgan fingerprint density at radius 2 is 1.71 bits per heavy atom. The Morgan fingerprint density at radius 1 is 1.11 bits per heavy atom. The first-order valence-electron chi connectivity index (χ1n) is 9.41. The molecule has 0 fully saturated rings. The Hall–Kier alpha value is -2.87. The number of aromatic amines is 1. The largest absolute Gasteiger partial charge is 0.473 e. The molecule has 8 heteroatoms. The van der Waals surface area contributed by atoms with Gasteiger partial charge in [0, 0.05) is 28.7 Å². The molecule has 8 nitrogen and oxygen atoms in total. The fourth-order valence-corrected chi connectivity index (χ4v) is 3.85. The van der Waals surface area contributed by atoms with E-state index in [0.29, 0.717) is 11.6 Å². The number of nitrogens with zero attached hydrogens (tertiary/aromatic N) is 1. The number of hydrogen-bond donors (Lipinski definition) is 4. The third kappa shape index (κ3) is 4.69. The minimum atomic E-state index is -1.82. The summed E-state index contributed by atoms with van der Waals surface area (Å²) in [6.45, 7) is 6.67. The van der Waals surface area contributed by atoms with Crippen LogP contribution >= 0.6 is 0 Å². The number of carbonyl (C=O) groups excluding carboxylic acids is 1. The summed E-state index contributed by atoms with van der Waals surface area (Å²) in [7, 11) is 0. The molecule has 1 aromatic heterocycles. The van der Waals surface area contributed by atoms with Crippen molar-refractivity contribution >= 4 is 28.7 Å². The molecule has 0 aliphatic heterocycles. The van der Waals surface area contributed by atoms with Gasteiger partial charge in [0.25, 0.3) is 0 Å². The SMILES string of the molecule is CCCN(CCC)C1Cc2c[nH]c3ccc(C(N)=O)c(c23)C1.O=C(O)C(=O)O. The molecular weight excluding hydrogens is 362 g/mol. The molecule has 0 saturated heterocycles. The number of amides is 1. The van der Waals surface area contributed by atoms with Crippen molar-refractivity contribution in [2.45, 2.75) is 45.6 Å². The van der Waals surface area contributed by atoms with E-state index in [2.05, 4.69) is 29.9 Å². The number of nitrogens with one attached hydrogen (secondary N) is 1. The Labute approximate surface area is 163 Å². The molecule has 0 radical (unpaired) electrons. The molecule has 1 heterocycles. The number of aromatic nitrogens is 1. The van der Waals surface area contributed by atoms with E-state index >= 15 is 0 Å². The van der Waals surface area contributed by atoms with E-state index in [1.54, 1.807) is 0 Å². The standard InChI is InChI=1S/C18H25N3O.C2H2O4/c1-3-7-21(8-4-2)13-9-12-11-20-16-6-5-14(18(19)22)15(10-13)17(12)16;3-1(4)2(5)6/h5-6,11,13,20H,3-4,7-10H2,1-2H3,(H2,19,22);(H,3,4)(H,5,6). The second-order valence-electron chi connectivity index (χ2n) is 6.90. The average molecular weight is 389 g/mol. The van der Waals surface area contributed by atoms with Crippen molar-refractivity contribution in [1.29, 1.82) is 0 Å². The van der Waals surface area contributed by atoms with Crippen molar-refractivity contribution in [1.82, 2.24) is 9.88 Å². The van der Waals surface area contributed by atoms with E-state index in [1.165, 1.54) is 10.9 Å². The monoisotopic (exact) mass is 389 g/mol. The first-order valence-corrected chi connectivity index (χ1v) is 9.41. The van der Waals surface area contributed by atoms with Gasteiger partial charge < -0.3 is 20.9 Å². The minimum Gasteiger partial charge on any atom is -0.473 e. The van der Waals surface area contributed by atoms with E-state index in [9.17, 15) is 4.79 Å². The van der Waals surface area contributed by atoms with Crippen molar-refractivity contribution in [2.24, 2.45) is 5.73 Å². The number of carboxylic acids is 2. The van der Waals surface area contributed by atoms with Gasteiger partial charge in [-0.05, 0) is 62.0 Å². The molecule has 0 saturated carbocycles. The maximum absolute atomic E-state index is 11.8. The lowest BCUT2D eigenvalue weighted by molar-refractivity contribution is -0.159. The lowest BCUT2D eigenvalue weighted by atomic mass is 9.85. The summed E-state index contributed by atoms with van der Waals surface area (Å²) in [4.78, 5) is 35.9. The summed E-state index contributed by atoms with van der Waals surface area (Å²) in [5.74, 6) is -3.97. The quantitative estimate of drug-likeness (QED) is 0.558. The lowest BCUT2D eigenvalue weighted by Gasteiger charge is -2.34. The second-order valence-corrected chi connectivity index (χ2v) is 6.90. The van der Waals surface area contributed by atoms with Crippen molar-refractivity contribution < 1.29 is 24.6 Å². The fraction of sp³-hybridized carbons (Fsp3) is 0.450. The van der Waals surface area contributed by atoms with Crippen molar-refractivity contribution in [3.05, 3.63) is 35.0 Å². The summed E-state index contributed by atoms with van der Waals surface area (Å²) in [6.07, 6.45) is 6.38. The van der Waals surface area contributed by atoms with Gasteiger partial charge in [-0.2, -0.15) is 0 Å². The van der Waals surface area contributed by atoms with Crippen LogP contribution in [-0.4, -0.2) is 57.1 Å². The first-order chi connectivity index (χ1) is 13.3. The number of hydrogen-bond acceptors (Lipinski definition) is 4. The summed E-state index contributed by atoms with van der Waals surface area (Å²) < 4.78 is 0. The van der Waals surface area contributed by atoms with Crippen LogP contribution in [0.15, 0.2) is 18.3 Å². The molecular formula is C20H27N3O5. The highest BCUT2D eigenvalue weighted by molar-refractivity contribution is 6.27. The number of aliphatic carboxylic acids is 2. The topological polar surface area (TPSA) is 137 Å². The zero-order valence-corrected chi connectivity index (χ0v) is 16.2. The van der Waals surface area contributed by atoms with Gasteiger partial charge >= 0.3 is 11.9 Å². The molecule has 2 aromatic rings. The summed E-state index contributed by atoms with van der Waals surface area (Å²) in [5, 5.41) is 16.0. The van der Waals surface area contributed by atoms with Gasteiger partial charge in [-0.25, -0.2) is 9.59 Å². The first kappa shape index (κ1) is 21.4. The van der Waals surface area contributed by atoms with Crippen molar-refractivity contribution in [3.63, 3.8) is 0 Å². The predicted octanol–water partition coefficient (Wildman–Crippen LogP) is 2.01. The van der Waals surface area contributed by atoms with Crippen molar-refractivity contribution in [2.75, 3.05) is 13.1 Å². The predicted molar refractivity (Wildman–Crippen MR) is 105 cm³/mol. The molecule has 1 atom stereocenters. The Balaban J connectivity index is 0.000000409. The van der Waals surface area contributed by atoms with E-state index in [-0.39, 0.29) is 5.91 Å². The highest BCUT2D eigenvalue weighted by Gasteiger charge is 2.28. The average Bonchev–Trinajstić information content (AvgIpc) is 3.06. The molecule has 0 spiro atoms. The summed E-state index contributed by atoms with van der Waals surface area (Å²) in [5.41, 5.74) is 9.86. The van der Waals surface area contributed by atoms with Gasteiger partial charge in [0.1, 0.15) is 0 Å². The third-order valence-electron chi connectivity index (χ3n) is 4.92. The van der Waals surface area contributed by atoms with Gasteiger partial charge in [0.15, 0.2) is 0 Å². The maximum atomic E-state index is 11.8. The number of H-pyrrole nitrogens is 1. The normalized spacial score (nSPS) is 15.2. The Kier molecular flexibility index (Phi) is 7.17. The molecule has 1 unspecified atom stereocenters. The van der Waals surface area contributed by atoms with Gasteiger partial charge in [0.05, 0.1) is 0 Å². The molecule has 152 valence electrons. The maximum Gasteiger partial charge on any atom is 0.414 e. The van der Waals surface area contributed by atoms with Crippen LogP contribution in [-0.2, 0) is 22.4 Å². The van der Waals surface area contributed by atoms with E-state index in [0.717, 1.165) is 49.9 Å². The van der Waals surface area contributed by atoms with Crippen LogP contribution in [0.25, 0.3) is 10.9 Å². The number of carboxylic acid groups (broad SMARTS) is 2. The van der Waals surface area contributed by atoms with Gasteiger partial charge in [-0.1, -0.05) is 13.8 Å². The lowest BCUT2D eigenvalue weighted by Crippen LogP contribution is -2.41. The van der Waals surface area contributed by atoms with Crippen LogP contribution in [0.1, 0.15) is 48.2 Å². The van der Waals surface area contributed by atoms with Crippen molar-refractivity contribution in [3.8, 4) is 0 Å². The molecule has 28 heavy (non-hydrogen) atoms. The summed E-state index contributed by atoms with van der Waals surface area (Å²) in [6, 6.07) is 4.30. The third-order valence-corrected chi connectivity index (χ3v) is 4.92. The van der Waals surface area contributed by atoms with E-state index < -0.39 is 11.9 Å². The van der Waals surface area contributed by atoms with Gasteiger partial charge in [-0.15, -0.1) is 0 Å². The molecule has 1 aliphatic rings. The van der Waals surface area contributed by atoms with Crippen LogP contribution in [0.5, 0.6) is 0 Å². The minimum absolute atomic E-state index is 0.317. The zero-order valence-electron chi connectivity index (χ0n) is 16.2. The Bertz CT molecular complexity index is 856. The van der Waals surface area contributed by atoms with Crippen LogP contribution in [0.2, 0.25) is 0 Å². The molecule has 1 amide bonds. The van der Waals surface area contributed by atoms with Crippen LogP contribution in [0, 0.1) is 0 Å². The highest BCUT2D eigenvalue weighted by Crippen LogP contribution is 2.33. The zero-order chi connectivity index (χ0) is 20.8. The molecule has 1 aromatic carbocycles. The van der Waals surface area contributed by atoms with Gasteiger partial charge in [-0.3, -0.25) is 9.69 Å². The van der Waals surface area contributed by atoms with Crippen LogP contribution in [0.4, 0.5) is 0 Å². The van der Waals surface area contributed by atoms with E-state index in [4.69, 9.17) is 25.5 Å². The molecule has 5 N–H and O–H groups in total. The number of benzene rings is 1. The second kappa shape index (κ2) is 9.36. The number of primary amides is 1. The van der Waals surface area contributed by atoms with Crippen LogP contribution in [0.3, 0.4) is 0 Å². The molecule has 0 bridgehead atoms. The molecule has 3 rings (SSSR count). The number of carbonyl (C=O) groups is 3.